The summed E-state index contributed by atoms with van der Waals surface area (Å²) in [5.41, 5.74) is 0.909. The van der Waals surface area contributed by atoms with Crippen LogP contribution in [0, 0.1) is 17.8 Å². The van der Waals surface area contributed by atoms with Crippen LogP contribution in [0.25, 0.3) is 0 Å². The number of carbonyl (C=O) groups is 1. The van der Waals surface area contributed by atoms with Crippen LogP contribution in [0.4, 0.5) is 0 Å². The fourth-order valence-electron chi connectivity index (χ4n) is 1.62. The van der Waals surface area contributed by atoms with Gasteiger partial charge in [0.25, 0.3) is 0 Å². The lowest BCUT2D eigenvalue weighted by atomic mass is 10.3. The molecule has 0 saturated heterocycles. The zero-order chi connectivity index (χ0) is 12.3. The average Bonchev–Trinajstić information content (AvgIpc) is 3.08. The van der Waals surface area contributed by atoms with E-state index < -0.39 is 0 Å². The van der Waals surface area contributed by atoms with E-state index >= 15 is 0 Å². The molecule has 0 radical (unpaired) electrons. The molecule has 1 aromatic heterocycles. The van der Waals surface area contributed by atoms with Crippen LogP contribution < -0.4 is 0 Å². The lowest BCUT2D eigenvalue weighted by Gasteiger charge is -2.15. The van der Waals surface area contributed by atoms with Crippen molar-refractivity contribution in [3.05, 3.63) is 21.9 Å². The van der Waals surface area contributed by atoms with E-state index in [2.05, 4.69) is 11.8 Å². The van der Waals surface area contributed by atoms with Crippen molar-refractivity contribution in [2.24, 2.45) is 5.92 Å². The second-order valence-electron chi connectivity index (χ2n) is 4.23. The van der Waals surface area contributed by atoms with Crippen molar-refractivity contribution in [1.82, 2.24) is 4.90 Å². The molecule has 17 heavy (non-hydrogen) atoms. The fraction of sp³-hybridized carbons (Fsp3) is 0.462. The quantitative estimate of drug-likeness (QED) is 0.824. The minimum absolute atomic E-state index is 0.120. The number of nitrogens with zero attached hydrogens (tertiary/aromatic N) is 1. The predicted molar refractivity (Wildman–Crippen MR) is 67.5 cm³/mol. The second-order valence-corrected chi connectivity index (χ2v) is 5.23. The van der Waals surface area contributed by atoms with Crippen molar-refractivity contribution in [3.63, 3.8) is 0 Å². The Morgan fingerprint density at radius 2 is 2.41 bits per heavy atom. The summed E-state index contributed by atoms with van der Waals surface area (Å²) in [7, 11) is 1.85. The molecule has 1 amide bonds. The molecule has 0 aromatic carbocycles. The Balaban J connectivity index is 1.93. The van der Waals surface area contributed by atoms with Crippen molar-refractivity contribution in [2.75, 3.05) is 13.7 Å². The molecule has 1 aromatic rings. The molecule has 1 saturated carbocycles. The zero-order valence-electron chi connectivity index (χ0n) is 9.77. The molecule has 3 nitrogen and oxygen atoms in total. The van der Waals surface area contributed by atoms with Crippen molar-refractivity contribution in [1.29, 1.82) is 0 Å². The van der Waals surface area contributed by atoms with Crippen LogP contribution in [0.15, 0.2) is 11.4 Å². The SMILES string of the molecule is CN(Cc1cc(C#CCO)cs1)C(=O)C1CC1. The van der Waals surface area contributed by atoms with E-state index in [4.69, 9.17) is 5.11 Å². The number of aliphatic hydroxyl groups is 1. The molecule has 0 atom stereocenters. The second kappa shape index (κ2) is 5.35. The topological polar surface area (TPSA) is 40.5 Å². The first kappa shape index (κ1) is 12.2. The summed E-state index contributed by atoms with van der Waals surface area (Å²) in [6, 6.07) is 1.98. The van der Waals surface area contributed by atoms with Gasteiger partial charge in [0.15, 0.2) is 0 Å². The van der Waals surface area contributed by atoms with Crippen molar-refractivity contribution < 1.29 is 9.90 Å². The van der Waals surface area contributed by atoms with Gasteiger partial charge in [0.1, 0.15) is 6.61 Å². The van der Waals surface area contributed by atoms with Crippen LogP contribution in [-0.4, -0.2) is 29.6 Å². The highest BCUT2D eigenvalue weighted by atomic mass is 32.1. The zero-order valence-corrected chi connectivity index (χ0v) is 10.6. The molecule has 0 spiro atoms. The van der Waals surface area contributed by atoms with Gasteiger partial charge in [-0.3, -0.25) is 4.79 Å². The number of thiophene rings is 1. The van der Waals surface area contributed by atoms with E-state index in [1.165, 1.54) is 0 Å². The normalized spacial score (nSPS) is 14.0. The third-order valence-electron chi connectivity index (χ3n) is 2.66. The summed E-state index contributed by atoms with van der Waals surface area (Å²) in [6.45, 7) is 0.534. The summed E-state index contributed by atoms with van der Waals surface area (Å²) in [5, 5.41) is 10.5. The molecule has 1 aliphatic carbocycles. The van der Waals surface area contributed by atoms with Crippen molar-refractivity contribution >= 4 is 17.2 Å². The number of hydrogen-bond acceptors (Lipinski definition) is 3. The molecule has 2 rings (SSSR count). The first-order valence-corrected chi connectivity index (χ1v) is 6.51. The van der Waals surface area contributed by atoms with Crippen LogP contribution in [0.1, 0.15) is 23.3 Å². The summed E-state index contributed by atoms with van der Waals surface area (Å²) in [4.78, 5) is 14.7. The van der Waals surface area contributed by atoms with Crippen LogP contribution in [0.5, 0.6) is 0 Å². The van der Waals surface area contributed by atoms with Gasteiger partial charge < -0.3 is 10.0 Å². The van der Waals surface area contributed by atoms with Crippen LogP contribution in [-0.2, 0) is 11.3 Å². The largest absolute Gasteiger partial charge is 0.384 e. The van der Waals surface area contributed by atoms with Gasteiger partial charge in [-0.2, -0.15) is 0 Å². The van der Waals surface area contributed by atoms with Crippen molar-refractivity contribution in [3.8, 4) is 11.8 Å². The molecule has 0 bridgehead atoms. The Labute approximate surface area is 105 Å². The minimum atomic E-state index is -0.120. The third kappa shape index (κ3) is 3.32. The van der Waals surface area contributed by atoms with Crippen LogP contribution in [0.3, 0.4) is 0 Å². The van der Waals surface area contributed by atoms with Gasteiger partial charge in [-0.1, -0.05) is 11.8 Å². The van der Waals surface area contributed by atoms with E-state index in [9.17, 15) is 4.79 Å². The Hall–Kier alpha value is -1.31. The van der Waals surface area contributed by atoms with Gasteiger partial charge in [-0.25, -0.2) is 0 Å². The lowest BCUT2D eigenvalue weighted by molar-refractivity contribution is -0.131. The fourth-order valence-corrected chi connectivity index (χ4v) is 2.49. The molecule has 90 valence electrons. The van der Waals surface area contributed by atoms with E-state index in [-0.39, 0.29) is 18.4 Å². The van der Waals surface area contributed by atoms with E-state index in [0.717, 1.165) is 23.3 Å². The van der Waals surface area contributed by atoms with Crippen LogP contribution in [0.2, 0.25) is 0 Å². The molecule has 1 aliphatic rings. The van der Waals surface area contributed by atoms with E-state index in [1.54, 1.807) is 16.2 Å². The highest BCUT2D eigenvalue weighted by molar-refractivity contribution is 7.10. The molecule has 4 heteroatoms. The first-order valence-electron chi connectivity index (χ1n) is 5.63. The summed E-state index contributed by atoms with van der Waals surface area (Å²) in [5.74, 6) is 6.00. The number of hydrogen-bond donors (Lipinski definition) is 1. The van der Waals surface area contributed by atoms with Gasteiger partial charge in [-0.05, 0) is 18.9 Å². The maximum Gasteiger partial charge on any atom is 0.225 e. The Bertz CT molecular complexity index is 465. The molecule has 0 aliphatic heterocycles. The predicted octanol–water partition coefficient (Wildman–Crippen LogP) is 1.46. The summed E-state index contributed by atoms with van der Waals surface area (Å²) in [6.07, 6.45) is 2.08. The summed E-state index contributed by atoms with van der Waals surface area (Å²) >= 11 is 1.60. The number of rotatable bonds is 3. The van der Waals surface area contributed by atoms with E-state index in [0.29, 0.717) is 6.54 Å². The first-order chi connectivity index (χ1) is 8.20. The molecule has 1 N–H and O–H groups in total. The van der Waals surface area contributed by atoms with Gasteiger partial charge in [0.05, 0.1) is 6.54 Å². The molecular formula is C13H15NO2S. The van der Waals surface area contributed by atoms with Gasteiger partial charge >= 0.3 is 0 Å². The standard InChI is InChI=1S/C13H15NO2S/c1-14(13(16)11-4-5-11)8-12-7-10(9-17-12)3-2-6-15/h7,9,11,15H,4-6,8H2,1H3. The van der Waals surface area contributed by atoms with Gasteiger partial charge in [0, 0.05) is 28.8 Å². The van der Waals surface area contributed by atoms with Crippen LogP contribution >= 0.6 is 11.3 Å². The van der Waals surface area contributed by atoms with Gasteiger partial charge in [0.2, 0.25) is 5.91 Å². The monoisotopic (exact) mass is 249 g/mol. The molecule has 0 unspecified atom stereocenters. The summed E-state index contributed by atoms with van der Waals surface area (Å²) < 4.78 is 0. The molecule has 1 heterocycles. The number of carbonyl (C=O) groups excluding carboxylic acids is 1. The Morgan fingerprint density at radius 1 is 1.65 bits per heavy atom. The Morgan fingerprint density at radius 3 is 3.06 bits per heavy atom. The maximum absolute atomic E-state index is 11.8. The maximum atomic E-state index is 11.8. The van der Waals surface area contributed by atoms with Gasteiger partial charge in [-0.15, -0.1) is 11.3 Å². The molecule has 1 fully saturated rings. The number of amides is 1. The van der Waals surface area contributed by atoms with E-state index in [1.807, 2.05) is 18.5 Å². The smallest absolute Gasteiger partial charge is 0.225 e. The Kier molecular flexibility index (Phi) is 3.82. The van der Waals surface area contributed by atoms with Crippen molar-refractivity contribution in [2.45, 2.75) is 19.4 Å². The highest BCUT2D eigenvalue weighted by Crippen LogP contribution is 2.31. The average molecular weight is 249 g/mol. The number of aliphatic hydroxyl groups excluding tert-OH is 1. The third-order valence-corrected chi connectivity index (χ3v) is 3.58. The highest BCUT2D eigenvalue weighted by Gasteiger charge is 2.31. The lowest BCUT2D eigenvalue weighted by Crippen LogP contribution is -2.27. The molecular weight excluding hydrogens is 234 g/mol. The minimum Gasteiger partial charge on any atom is -0.384 e.